The van der Waals surface area contributed by atoms with Gasteiger partial charge in [-0.25, -0.2) is 19.0 Å². The molecule has 0 spiro atoms. The Labute approximate surface area is 206 Å². The zero-order valence-corrected chi connectivity index (χ0v) is 19.7. The van der Waals surface area contributed by atoms with Crippen molar-refractivity contribution in [3.05, 3.63) is 84.2 Å². The van der Waals surface area contributed by atoms with Gasteiger partial charge in [-0.3, -0.25) is 9.59 Å². The molecular formula is C26H23FN6O3. The summed E-state index contributed by atoms with van der Waals surface area (Å²) in [6.45, 7) is 4.09. The van der Waals surface area contributed by atoms with Crippen molar-refractivity contribution in [2.75, 3.05) is 16.8 Å². The molecule has 1 unspecified atom stereocenters. The topological polar surface area (TPSA) is 102 Å². The fourth-order valence-electron chi connectivity index (χ4n) is 4.09. The third-order valence-electron chi connectivity index (χ3n) is 5.83. The molecule has 0 radical (unpaired) electrons. The van der Waals surface area contributed by atoms with E-state index in [9.17, 15) is 14.0 Å². The van der Waals surface area contributed by atoms with Crippen LogP contribution in [-0.4, -0.2) is 38.1 Å². The molecule has 5 rings (SSSR count). The zero-order chi connectivity index (χ0) is 25.2. The van der Waals surface area contributed by atoms with Crippen LogP contribution in [0.25, 0.3) is 5.82 Å². The summed E-state index contributed by atoms with van der Waals surface area (Å²) in [5.41, 5.74) is 2.98. The number of anilines is 2. The van der Waals surface area contributed by atoms with E-state index in [2.05, 4.69) is 20.4 Å². The lowest BCUT2D eigenvalue weighted by Crippen LogP contribution is -2.28. The fourth-order valence-corrected chi connectivity index (χ4v) is 4.09. The first-order valence-corrected chi connectivity index (χ1v) is 11.4. The minimum atomic E-state index is -0.507. The van der Waals surface area contributed by atoms with Crippen molar-refractivity contribution < 1.29 is 18.7 Å². The van der Waals surface area contributed by atoms with E-state index in [0.717, 1.165) is 11.4 Å². The van der Waals surface area contributed by atoms with Crippen molar-refractivity contribution in [3.8, 4) is 17.4 Å². The van der Waals surface area contributed by atoms with Crippen LogP contribution in [0.15, 0.2) is 67.0 Å². The Morgan fingerprint density at radius 2 is 1.81 bits per heavy atom. The molecule has 1 aliphatic rings. The summed E-state index contributed by atoms with van der Waals surface area (Å²) < 4.78 is 20.8. The van der Waals surface area contributed by atoms with Gasteiger partial charge in [0.25, 0.3) is 0 Å². The lowest BCUT2D eigenvalue weighted by atomic mass is 10.1. The van der Waals surface area contributed by atoms with Gasteiger partial charge in [0.2, 0.25) is 17.7 Å². The summed E-state index contributed by atoms with van der Waals surface area (Å²) in [5.74, 6) is 0.166. The number of nitrogens with one attached hydrogen (secondary N) is 1. The number of carbonyl (C=O) groups excluding carboxylic acids is 2. The highest BCUT2D eigenvalue weighted by Gasteiger charge is 2.35. The molecule has 2 aromatic carbocycles. The summed E-state index contributed by atoms with van der Waals surface area (Å²) in [6, 6.07) is 16.2. The van der Waals surface area contributed by atoms with Gasteiger partial charge in [-0.05, 0) is 68.4 Å². The van der Waals surface area contributed by atoms with E-state index in [-0.39, 0.29) is 30.6 Å². The van der Waals surface area contributed by atoms with Gasteiger partial charge in [0.1, 0.15) is 17.9 Å². The normalized spacial score (nSPS) is 15.2. The van der Waals surface area contributed by atoms with Crippen LogP contribution in [0.1, 0.15) is 17.8 Å². The second-order valence-electron chi connectivity index (χ2n) is 8.55. The second kappa shape index (κ2) is 9.57. The summed E-state index contributed by atoms with van der Waals surface area (Å²) in [4.78, 5) is 35.1. The molecule has 4 aromatic rings. The van der Waals surface area contributed by atoms with Gasteiger partial charge in [-0.1, -0.05) is 0 Å². The summed E-state index contributed by atoms with van der Waals surface area (Å²) >= 11 is 0. The largest absolute Gasteiger partial charge is 0.439 e. The quantitative estimate of drug-likeness (QED) is 0.438. The van der Waals surface area contributed by atoms with Crippen LogP contribution in [-0.2, 0) is 9.59 Å². The number of ether oxygens (including phenoxy) is 1. The molecule has 2 amide bonds. The Hall–Kier alpha value is -4.60. The van der Waals surface area contributed by atoms with Crippen LogP contribution in [0.4, 0.5) is 15.8 Å². The van der Waals surface area contributed by atoms with Gasteiger partial charge in [-0.15, -0.1) is 0 Å². The van der Waals surface area contributed by atoms with Crippen molar-refractivity contribution in [2.24, 2.45) is 5.92 Å². The van der Waals surface area contributed by atoms with Gasteiger partial charge in [-0.2, -0.15) is 5.10 Å². The second-order valence-corrected chi connectivity index (χ2v) is 8.55. The van der Waals surface area contributed by atoms with Crippen molar-refractivity contribution in [1.82, 2.24) is 19.7 Å². The van der Waals surface area contributed by atoms with E-state index in [1.54, 1.807) is 35.0 Å². The molecule has 182 valence electrons. The highest BCUT2D eigenvalue weighted by atomic mass is 19.1. The minimum absolute atomic E-state index is 0.0930. The van der Waals surface area contributed by atoms with E-state index < -0.39 is 5.92 Å². The van der Waals surface area contributed by atoms with Gasteiger partial charge >= 0.3 is 0 Å². The SMILES string of the molecule is Cc1cc(C)n(-c2cc(Oc3ccc(NC(=O)C4CC(=O)N(c5ccc(F)cc5)C4)cc3)ncn2)n1. The lowest BCUT2D eigenvalue weighted by Gasteiger charge is -2.16. The molecule has 1 fully saturated rings. The molecule has 9 nitrogen and oxygen atoms in total. The van der Waals surface area contributed by atoms with Gasteiger partial charge in [0, 0.05) is 36.1 Å². The first kappa shape index (κ1) is 23.2. The average Bonchev–Trinajstić information content (AvgIpc) is 3.42. The molecule has 2 aromatic heterocycles. The number of carbonyl (C=O) groups is 2. The lowest BCUT2D eigenvalue weighted by molar-refractivity contribution is -0.122. The number of rotatable bonds is 6. The van der Waals surface area contributed by atoms with Crippen LogP contribution in [0.3, 0.4) is 0 Å². The molecular weight excluding hydrogens is 463 g/mol. The monoisotopic (exact) mass is 486 g/mol. The smallest absolute Gasteiger partial charge is 0.229 e. The number of nitrogens with zero attached hydrogens (tertiary/aromatic N) is 5. The molecule has 0 aliphatic carbocycles. The van der Waals surface area contributed by atoms with E-state index in [0.29, 0.717) is 28.8 Å². The van der Waals surface area contributed by atoms with Crippen molar-refractivity contribution >= 4 is 23.2 Å². The first-order valence-electron chi connectivity index (χ1n) is 11.4. The number of aromatic nitrogens is 4. The molecule has 0 bridgehead atoms. The molecule has 1 saturated heterocycles. The Morgan fingerprint density at radius 1 is 1.06 bits per heavy atom. The minimum Gasteiger partial charge on any atom is -0.439 e. The molecule has 36 heavy (non-hydrogen) atoms. The third kappa shape index (κ3) is 4.92. The number of hydrogen-bond acceptors (Lipinski definition) is 6. The molecule has 3 heterocycles. The van der Waals surface area contributed by atoms with Crippen LogP contribution < -0.4 is 15.0 Å². The number of amides is 2. The maximum absolute atomic E-state index is 13.2. The summed E-state index contributed by atoms with van der Waals surface area (Å²) in [7, 11) is 0. The molecule has 1 atom stereocenters. The maximum Gasteiger partial charge on any atom is 0.229 e. The van der Waals surface area contributed by atoms with Crippen molar-refractivity contribution in [1.29, 1.82) is 0 Å². The number of benzene rings is 2. The Bertz CT molecular complexity index is 1420. The van der Waals surface area contributed by atoms with Crippen LogP contribution in [0.2, 0.25) is 0 Å². The van der Waals surface area contributed by atoms with Gasteiger partial charge < -0.3 is 15.0 Å². The predicted octanol–water partition coefficient (Wildman–Crippen LogP) is 4.20. The Kier molecular flexibility index (Phi) is 6.16. The Balaban J connectivity index is 1.21. The van der Waals surface area contributed by atoms with Crippen LogP contribution in [0.5, 0.6) is 11.6 Å². The van der Waals surface area contributed by atoms with Gasteiger partial charge in [0.05, 0.1) is 11.6 Å². The third-order valence-corrected chi connectivity index (χ3v) is 5.83. The fraction of sp³-hybridized carbons (Fsp3) is 0.192. The number of aryl methyl sites for hydroxylation is 2. The van der Waals surface area contributed by atoms with E-state index >= 15 is 0 Å². The first-order chi connectivity index (χ1) is 17.4. The van der Waals surface area contributed by atoms with Crippen LogP contribution in [0, 0.1) is 25.6 Å². The molecule has 1 aliphatic heterocycles. The number of halogens is 1. The molecule has 1 N–H and O–H groups in total. The molecule has 10 heteroatoms. The standard InChI is InChI=1S/C26H23FN6O3/c1-16-11-17(2)33(31-16)23-13-24(29-15-28-23)36-22-9-5-20(6-10-22)30-26(35)18-12-25(34)32(14-18)21-7-3-19(27)4-8-21/h3-11,13,15,18H,12,14H2,1-2H3,(H,30,35). The van der Waals surface area contributed by atoms with E-state index in [1.807, 2.05) is 19.9 Å². The number of hydrogen-bond donors (Lipinski definition) is 1. The van der Waals surface area contributed by atoms with Crippen LogP contribution >= 0.6 is 0 Å². The highest BCUT2D eigenvalue weighted by Crippen LogP contribution is 2.27. The summed E-state index contributed by atoms with van der Waals surface area (Å²) in [5, 5.41) is 7.27. The zero-order valence-electron chi connectivity index (χ0n) is 19.7. The summed E-state index contributed by atoms with van der Waals surface area (Å²) in [6.07, 6.45) is 1.50. The van der Waals surface area contributed by atoms with Crippen molar-refractivity contribution in [2.45, 2.75) is 20.3 Å². The van der Waals surface area contributed by atoms with Gasteiger partial charge in [0.15, 0.2) is 5.82 Å². The maximum atomic E-state index is 13.2. The van der Waals surface area contributed by atoms with E-state index in [1.165, 1.54) is 35.5 Å². The van der Waals surface area contributed by atoms with Crippen molar-refractivity contribution in [3.63, 3.8) is 0 Å². The molecule has 0 saturated carbocycles. The van der Waals surface area contributed by atoms with E-state index in [4.69, 9.17) is 4.74 Å². The predicted molar refractivity (Wildman–Crippen MR) is 131 cm³/mol. The Morgan fingerprint density at radius 3 is 2.50 bits per heavy atom. The average molecular weight is 487 g/mol. The highest BCUT2D eigenvalue weighted by molar-refractivity contribution is 6.03.